The third kappa shape index (κ3) is 4.37. The Bertz CT molecular complexity index is 839. The maximum atomic E-state index is 12.5. The predicted molar refractivity (Wildman–Crippen MR) is 109 cm³/mol. The molecule has 1 aliphatic heterocycles. The van der Waals surface area contributed by atoms with Crippen molar-refractivity contribution < 1.29 is 14.3 Å². The molecule has 0 radical (unpaired) electrons. The van der Waals surface area contributed by atoms with Crippen molar-refractivity contribution in [1.29, 1.82) is 0 Å². The SMILES string of the molecule is CCN(CC)c1ccc(C=CC(=O)c2cccc(N3CCOC3=O)c2)cc1. The van der Waals surface area contributed by atoms with Gasteiger partial charge in [-0.1, -0.05) is 30.3 Å². The molecule has 1 amide bonds. The lowest BCUT2D eigenvalue weighted by Crippen LogP contribution is -2.23. The van der Waals surface area contributed by atoms with Crippen molar-refractivity contribution in [3.05, 3.63) is 65.7 Å². The minimum atomic E-state index is -0.372. The lowest BCUT2D eigenvalue weighted by atomic mass is 10.1. The van der Waals surface area contributed by atoms with Crippen LogP contribution in [-0.2, 0) is 4.74 Å². The number of hydrogen-bond acceptors (Lipinski definition) is 4. The number of cyclic esters (lactones) is 1. The first kappa shape index (κ1) is 18.7. The van der Waals surface area contributed by atoms with Gasteiger partial charge in [-0.25, -0.2) is 4.79 Å². The van der Waals surface area contributed by atoms with Gasteiger partial charge in [-0.15, -0.1) is 0 Å². The zero-order valence-corrected chi connectivity index (χ0v) is 15.7. The van der Waals surface area contributed by atoms with Crippen LogP contribution in [0.5, 0.6) is 0 Å². The maximum Gasteiger partial charge on any atom is 0.414 e. The second-order valence-electron chi connectivity index (χ2n) is 6.28. The predicted octanol–water partition coefficient (Wildman–Crippen LogP) is 4.39. The normalized spacial score (nSPS) is 13.9. The van der Waals surface area contributed by atoms with E-state index in [0.29, 0.717) is 24.4 Å². The van der Waals surface area contributed by atoms with E-state index in [4.69, 9.17) is 4.74 Å². The van der Waals surface area contributed by atoms with E-state index in [9.17, 15) is 9.59 Å². The standard InChI is InChI=1S/C22H24N2O3/c1-3-23(4-2)19-11-8-17(9-12-19)10-13-21(25)18-6-5-7-20(16-18)24-14-15-27-22(24)26/h5-13,16H,3-4,14-15H2,1-2H3. The van der Waals surface area contributed by atoms with Crippen molar-refractivity contribution in [2.75, 3.05) is 36.0 Å². The summed E-state index contributed by atoms with van der Waals surface area (Å²) in [5.41, 5.74) is 3.37. The third-order valence-corrected chi connectivity index (χ3v) is 4.65. The number of hydrogen-bond donors (Lipinski definition) is 0. The van der Waals surface area contributed by atoms with Crippen LogP contribution in [-0.4, -0.2) is 38.1 Å². The van der Waals surface area contributed by atoms with Crippen LogP contribution in [0, 0.1) is 0 Å². The molecule has 0 spiro atoms. The molecule has 0 unspecified atom stereocenters. The number of allylic oxidation sites excluding steroid dienone is 1. The van der Waals surface area contributed by atoms with Gasteiger partial charge in [0, 0.05) is 30.0 Å². The summed E-state index contributed by atoms with van der Waals surface area (Å²) < 4.78 is 4.95. The van der Waals surface area contributed by atoms with Crippen LogP contribution in [0.1, 0.15) is 29.8 Å². The highest BCUT2D eigenvalue weighted by Gasteiger charge is 2.23. The third-order valence-electron chi connectivity index (χ3n) is 4.65. The van der Waals surface area contributed by atoms with Crippen molar-refractivity contribution in [2.45, 2.75) is 13.8 Å². The van der Waals surface area contributed by atoms with E-state index in [-0.39, 0.29) is 11.9 Å². The van der Waals surface area contributed by atoms with Gasteiger partial charge in [-0.3, -0.25) is 9.69 Å². The van der Waals surface area contributed by atoms with Crippen LogP contribution in [0.3, 0.4) is 0 Å². The van der Waals surface area contributed by atoms with Crippen molar-refractivity contribution >= 4 is 29.3 Å². The molecule has 5 heteroatoms. The molecule has 1 aliphatic rings. The van der Waals surface area contributed by atoms with Gasteiger partial charge in [0.15, 0.2) is 5.78 Å². The molecule has 140 valence electrons. The number of carbonyl (C=O) groups excluding carboxylic acids is 2. The molecular formula is C22H24N2O3. The number of nitrogens with zero attached hydrogens (tertiary/aromatic N) is 2. The first-order valence-electron chi connectivity index (χ1n) is 9.24. The van der Waals surface area contributed by atoms with Gasteiger partial charge in [-0.05, 0) is 49.8 Å². The fraction of sp³-hybridized carbons (Fsp3) is 0.273. The fourth-order valence-corrected chi connectivity index (χ4v) is 3.11. The second kappa shape index (κ2) is 8.54. The molecule has 3 rings (SSSR count). The van der Waals surface area contributed by atoms with E-state index in [1.807, 2.05) is 18.2 Å². The van der Waals surface area contributed by atoms with E-state index in [0.717, 1.165) is 18.7 Å². The lowest BCUT2D eigenvalue weighted by molar-refractivity contribution is 0.104. The monoisotopic (exact) mass is 364 g/mol. The molecule has 0 bridgehead atoms. The Morgan fingerprint density at radius 1 is 1.15 bits per heavy atom. The van der Waals surface area contributed by atoms with Crippen molar-refractivity contribution in [2.24, 2.45) is 0 Å². The van der Waals surface area contributed by atoms with Crippen molar-refractivity contribution in [3.8, 4) is 0 Å². The fourth-order valence-electron chi connectivity index (χ4n) is 3.11. The van der Waals surface area contributed by atoms with Crippen LogP contribution < -0.4 is 9.80 Å². The number of anilines is 2. The summed E-state index contributed by atoms with van der Waals surface area (Å²) in [6.07, 6.45) is 3.00. The lowest BCUT2D eigenvalue weighted by Gasteiger charge is -2.20. The number of carbonyl (C=O) groups is 2. The Morgan fingerprint density at radius 3 is 2.52 bits per heavy atom. The summed E-state index contributed by atoms with van der Waals surface area (Å²) in [6, 6.07) is 15.2. The molecule has 0 N–H and O–H groups in total. The quantitative estimate of drug-likeness (QED) is 0.540. The Kier molecular flexibility index (Phi) is 5.91. The highest BCUT2D eigenvalue weighted by Crippen LogP contribution is 2.21. The molecule has 27 heavy (non-hydrogen) atoms. The zero-order chi connectivity index (χ0) is 19.2. The molecule has 2 aromatic rings. The van der Waals surface area contributed by atoms with Gasteiger partial charge in [0.05, 0.1) is 6.54 Å². The number of amides is 1. The summed E-state index contributed by atoms with van der Waals surface area (Å²) in [6.45, 7) is 7.07. The molecule has 0 aliphatic carbocycles. The van der Waals surface area contributed by atoms with Gasteiger partial charge >= 0.3 is 6.09 Å². The molecule has 5 nitrogen and oxygen atoms in total. The van der Waals surface area contributed by atoms with E-state index in [1.54, 1.807) is 30.3 Å². The summed E-state index contributed by atoms with van der Waals surface area (Å²) in [5.74, 6) is -0.0998. The smallest absolute Gasteiger partial charge is 0.414 e. The minimum Gasteiger partial charge on any atom is -0.447 e. The Balaban J connectivity index is 1.70. The van der Waals surface area contributed by atoms with Crippen molar-refractivity contribution in [1.82, 2.24) is 0 Å². The summed E-state index contributed by atoms with van der Waals surface area (Å²) in [5, 5.41) is 0. The molecule has 1 fully saturated rings. The molecule has 0 saturated carbocycles. The van der Waals surface area contributed by atoms with E-state index in [1.165, 1.54) is 10.6 Å². The first-order chi connectivity index (χ1) is 13.1. The largest absolute Gasteiger partial charge is 0.447 e. The summed E-state index contributed by atoms with van der Waals surface area (Å²) in [7, 11) is 0. The molecule has 1 heterocycles. The maximum absolute atomic E-state index is 12.5. The van der Waals surface area contributed by atoms with Crippen LogP contribution in [0.2, 0.25) is 0 Å². The van der Waals surface area contributed by atoms with Gasteiger partial charge in [0.25, 0.3) is 0 Å². The summed E-state index contributed by atoms with van der Waals surface area (Å²) >= 11 is 0. The minimum absolute atomic E-state index is 0.0998. The average Bonchev–Trinajstić information content (AvgIpc) is 3.14. The molecule has 0 aromatic heterocycles. The molecule has 1 saturated heterocycles. The summed E-state index contributed by atoms with van der Waals surface area (Å²) in [4.78, 5) is 28.0. The number of rotatable bonds is 7. The Labute approximate surface area is 159 Å². The van der Waals surface area contributed by atoms with Crippen molar-refractivity contribution in [3.63, 3.8) is 0 Å². The van der Waals surface area contributed by atoms with E-state index < -0.39 is 0 Å². The second-order valence-corrected chi connectivity index (χ2v) is 6.28. The highest BCUT2D eigenvalue weighted by molar-refractivity contribution is 6.07. The van der Waals surface area contributed by atoms with E-state index >= 15 is 0 Å². The van der Waals surface area contributed by atoms with Gasteiger partial charge in [0.1, 0.15) is 6.61 Å². The highest BCUT2D eigenvalue weighted by atomic mass is 16.6. The molecular weight excluding hydrogens is 340 g/mol. The zero-order valence-electron chi connectivity index (χ0n) is 15.7. The van der Waals surface area contributed by atoms with Gasteiger partial charge in [0.2, 0.25) is 0 Å². The van der Waals surface area contributed by atoms with Crippen LogP contribution in [0.4, 0.5) is 16.2 Å². The van der Waals surface area contributed by atoms with E-state index in [2.05, 4.69) is 30.9 Å². The first-order valence-corrected chi connectivity index (χ1v) is 9.24. The number of benzene rings is 2. The Hall–Kier alpha value is -3.08. The average molecular weight is 364 g/mol. The molecule has 2 aromatic carbocycles. The van der Waals surface area contributed by atoms with Crippen LogP contribution in [0.15, 0.2) is 54.6 Å². The molecule has 0 atom stereocenters. The number of ketones is 1. The number of ether oxygens (including phenoxy) is 1. The topological polar surface area (TPSA) is 49.9 Å². The van der Waals surface area contributed by atoms with Crippen LogP contribution >= 0.6 is 0 Å². The van der Waals surface area contributed by atoms with Gasteiger partial charge in [-0.2, -0.15) is 0 Å². The Morgan fingerprint density at radius 2 is 1.89 bits per heavy atom. The van der Waals surface area contributed by atoms with Gasteiger partial charge < -0.3 is 9.64 Å². The van der Waals surface area contributed by atoms with Crippen LogP contribution in [0.25, 0.3) is 6.08 Å².